The van der Waals surface area contributed by atoms with Crippen molar-refractivity contribution in [2.75, 3.05) is 11.9 Å². The van der Waals surface area contributed by atoms with Gasteiger partial charge in [0.25, 0.3) is 0 Å². The highest BCUT2D eigenvalue weighted by atomic mass is 32.2. The van der Waals surface area contributed by atoms with Gasteiger partial charge < -0.3 is 10.6 Å². The Kier molecular flexibility index (Phi) is 6.12. The number of allylic oxidation sites excluding steroid dienone is 1. The molecular formula is C19H22N4O2S. The van der Waals surface area contributed by atoms with Crippen molar-refractivity contribution < 1.29 is 9.59 Å². The van der Waals surface area contributed by atoms with E-state index in [-0.39, 0.29) is 18.4 Å². The Hall–Kier alpha value is -2.54. The number of hydrogen-bond donors (Lipinski definition) is 2. The molecule has 0 saturated carbocycles. The largest absolute Gasteiger partial charge is 0.354 e. The number of carbonyl (C=O) groups excluding carboxylic acids is 2. The van der Waals surface area contributed by atoms with Crippen molar-refractivity contribution in [2.24, 2.45) is 0 Å². The predicted molar refractivity (Wildman–Crippen MR) is 104 cm³/mol. The summed E-state index contributed by atoms with van der Waals surface area (Å²) in [5, 5.41) is 10.3. The number of anilines is 1. The minimum Gasteiger partial charge on any atom is -0.354 e. The van der Waals surface area contributed by atoms with Crippen molar-refractivity contribution in [1.82, 2.24) is 15.1 Å². The van der Waals surface area contributed by atoms with Crippen LogP contribution >= 0.6 is 11.8 Å². The molecule has 3 rings (SSSR count). The molecule has 0 saturated heterocycles. The third kappa shape index (κ3) is 4.54. The molecule has 0 radical (unpaired) electrons. The van der Waals surface area contributed by atoms with E-state index >= 15 is 0 Å². The first-order chi connectivity index (χ1) is 12.7. The standard InChI is InChI=1S/C19H22N4O2S/c1-2-6-17(24)21-19-15-12-26-13-16(15)22-23(19)11-18(25)20-10-9-14-7-4-3-5-8-14/h2-8H,9-13H2,1H3,(H,20,25)(H,21,24)/b6-2-. The maximum absolute atomic E-state index is 12.3. The van der Waals surface area contributed by atoms with Crippen LogP contribution in [0.15, 0.2) is 42.5 Å². The van der Waals surface area contributed by atoms with Crippen LogP contribution in [0, 0.1) is 0 Å². The smallest absolute Gasteiger partial charge is 0.249 e. The van der Waals surface area contributed by atoms with E-state index < -0.39 is 0 Å². The van der Waals surface area contributed by atoms with Gasteiger partial charge in [-0.1, -0.05) is 36.4 Å². The van der Waals surface area contributed by atoms with Crippen LogP contribution in [0.2, 0.25) is 0 Å². The number of hydrogen-bond acceptors (Lipinski definition) is 4. The van der Waals surface area contributed by atoms with E-state index in [1.165, 1.54) is 11.6 Å². The van der Waals surface area contributed by atoms with Crippen molar-refractivity contribution in [1.29, 1.82) is 0 Å². The van der Waals surface area contributed by atoms with Gasteiger partial charge in [-0.25, -0.2) is 4.68 Å². The average Bonchev–Trinajstić information content (AvgIpc) is 3.19. The molecule has 1 aromatic carbocycles. The van der Waals surface area contributed by atoms with Crippen LogP contribution in [0.4, 0.5) is 5.82 Å². The fourth-order valence-electron chi connectivity index (χ4n) is 2.81. The summed E-state index contributed by atoms with van der Waals surface area (Å²) >= 11 is 1.76. The van der Waals surface area contributed by atoms with Crippen LogP contribution in [0.5, 0.6) is 0 Å². The lowest BCUT2D eigenvalue weighted by molar-refractivity contribution is -0.121. The van der Waals surface area contributed by atoms with Crippen LogP contribution in [0.25, 0.3) is 0 Å². The molecule has 2 amide bonds. The molecule has 0 fully saturated rings. The molecule has 2 N–H and O–H groups in total. The number of carbonyl (C=O) groups is 2. The highest BCUT2D eigenvalue weighted by Crippen LogP contribution is 2.34. The topological polar surface area (TPSA) is 76.0 Å². The minimum absolute atomic E-state index is 0.0951. The second-order valence-electron chi connectivity index (χ2n) is 6.00. The third-order valence-corrected chi connectivity index (χ3v) is 5.02. The Balaban J connectivity index is 1.61. The fourth-order valence-corrected chi connectivity index (χ4v) is 3.85. The monoisotopic (exact) mass is 370 g/mol. The summed E-state index contributed by atoms with van der Waals surface area (Å²) < 4.78 is 1.60. The molecule has 1 aromatic heterocycles. The second kappa shape index (κ2) is 8.71. The number of nitrogens with one attached hydrogen (secondary N) is 2. The van der Waals surface area contributed by atoms with E-state index in [0.717, 1.165) is 29.2 Å². The summed E-state index contributed by atoms with van der Waals surface area (Å²) in [6.45, 7) is 2.45. The van der Waals surface area contributed by atoms with Crippen LogP contribution in [0.1, 0.15) is 23.7 Å². The second-order valence-corrected chi connectivity index (χ2v) is 6.98. The quantitative estimate of drug-likeness (QED) is 0.734. The zero-order chi connectivity index (χ0) is 18.4. The molecular weight excluding hydrogens is 348 g/mol. The van der Waals surface area contributed by atoms with Crippen LogP contribution in [0.3, 0.4) is 0 Å². The predicted octanol–water partition coefficient (Wildman–Crippen LogP) is 2.50. The fraction of sp³-hybridized carbons (Fsp3) is 0.316. The number of fused-ring (bicyclic) bond motifs is 1. The first kappa shape index (κ1) is 18.3. The molecule has 1 aliphatic heterocycles. The van der Waals surface area contributed by atoms with Crippen molar-refractivity contribution in [3.63, 3.8) is 0 Å². The lowest BCUT2D eigenvalue weighted by atomic mass is 10.1. The highest BCUT2D eigenvalue weighted by Gasteiger charge is 2.24. The molecule has 136 valence electrons. The van der Waals surface area contributed by atoms with Gasteiger partial charge in [0.05, 0.1) is 5.69 Å². The summed E-state index contributed by atoms with van der Waals surface area (Å²) in [4.78, 5) is 24.2. The van der Waals surface area contributed by atoms with Crippen molar-refractivity contribution >= 4 is 29.4 Å². The van der Waals surface area contributed by atoms with Gasteiger partial charge in [0.15, 0.2) is 0 Å². The number of nitrogens with zero attached hydrogens (tertiary/aromatic N) is 2. The van der Waals surface area contributed by atoms with Crippen molar-refractivity contribution in [2.45, 2.75) is 31.4 Å². The molecule has 0 atom stereocenters. The van der Waals surface area contributed by atoms with Gasteiger partial charge in [-0.15, -0.1) is 0 Å². The number of aromatic nitrogens is 2. The van der Waals surface area contributed by atoms with Gasteiger partial charge in [0.1, 0.15) is 12.4 Å². The first-order valence-electron chi connectivity index (χ1n) is 8.58. The van der Waals surface area contributed by atoms with Crippen molar-refractivity contribution in [3.05, 3.63) is 59.3 Å². The van der Waals surface area contributed by atoms with Gasteiger partial charge >= 0.3 is 0 Å². The molecule has 6 nitrogen and oxygen atoms in total. The first-order valence-corrected chi connectivity index (χ1v) is 9.73. The molecule has 0 bridgehead atoms. The molecule has 2 heterocycles. The van der Waals surface area contributed by atoms with Gasteiger partial charge in [-0.3, -0.25) is 9.59 Å². The average molecular weight is 370 g/mol. The van der Waals surface area contributed by atoms with E-state index in [9.17, 15) is 9.59 Å². The van der Waals surface area contributed by atoms with Gasteiger partial charge in [-0.2, -0.15) is 16.9 Å². The van der Waals surface area contributed by atoms with Gasteiger partial charge in [-0.05, 0) is 25.0 Å². The zero-order valence-electron chi connectivity index (χ0n) is 14.7. The maximum atomic E-state index is 12.3. The van der Waals surface area contributed by atoms with Crippen LogP contribution in [-0.4, -0.2) is 28.1 Å². The van der Waals surface area contributed by atoms with Gasteiger partial charge in [0.2, 0.25) is 11.8 Å². The van der Waals surface area contributed by atoms with E-state index in [1.54, 1.807) is 29.4 Å². The molecule has 0 aliphatic carbocycles. The Morgan fingerprint density at radius 1 is 1.27 bits per heavy atom. The van der Waals surface area contributed by atoms with Crippen molar-refractivity contribution in [3.8, 4) is 0 Å². The third-order valence-electron chi connectivity index (χ3n) is 4.05. The number of thioether (sulfide) groups is 1. The maximum Gasteiger partial charge on any atom is 0.249 e. The molecule has 7 heteroatoms. The van der Waals surface area contributed by atoms with E-state index in [2.05, 4.69) is 15.7 Å². The highest BCUT2D eigenvalue weighted by molar-refractivity contribution is 7.98. The lowest BCUT2D eigenvalue weighted by Gasteiger charge is -2.10. The van der Waals surface area contributed by atoms with E-state index in [0.29, 0.717) is 12.4 Å². The SMILES string of the molecule is C/C=C\C(=O)Nc1c2c(nn1CC(=O)NCCc1ccccc1)CSC2. The normalized spacial score (nSPS) is 13.0. The molecule has 0 spiro atoms. The summed E-state index contributed by atoms with van der Waals surface area (Å²) in [5.74, 6) is 1.92. The Morgan fingerprint density at radius 2 is 2.08 bits per heavy atom. The van der Waals surface area contributed by atoms with Crippen LogP contribution < -0.4 is 10.6 Å². The molecule has 1 aliphatic rings. The zero-order valence-corrected chi connectivity index (χ0v) is 15.5. The molecule has 26 heavy (non-hydrogen) atoms. The molecule has 2 aromatic rings. The number of rotatable bonds is 7. The summed E-state index contributed by atoms with van der Waals surface area (Å²) in [6.07, 6.45) is 3.93. The summed E-state index contributed by atoms with van der Waals surface area (Å²) in [5.41, 5.74) is 3.15. The number of amides is 2. The van der Waals surface area contributed by atoms with Gasteiger partial charge in [0, 0.05) is 23.6 Å². The summed E-state index contributed by atoms with van der Waals surface area (Å²) in [7, 11) is 0. The Bertz CT molecular complexity index is 814. The van der Waals surface area contributed by atoms with Crippen LogP contribution in [-0.2, 0) is 34.1 Å². The Morgan fingerprint density at radius 3 is 2.85 bits per heavy atom. The lowest BCUT2D eigenvalue weighted by Crippen LogP contribution is -2.30. The van der Waals surface area contributed by atoms with E-state index in [1.807, 2.05) is 30.3 Å². The minimum atomic E-state index is -0.210. The Labute approximate surface area is 157 Å². The summed E-state index contributed by atoms with van der Waals surface area (Å²) in [6, 6.07) is 10.0. The number of benzene rings is 1. The van der Waals surface area contributed by atoms with E-state index in [4.69, 9.17) is 0 Å². The molecule has 0 unspecified atom stereocenters.